The van der Waals surface area contributed by atoms with E-state index in [-0.39, 0.29) is 6.42 Å². The van der Waals surface area contributed by atoms with Gasteiger partial charge in [-0.25, -0.2) is 4.79 Å². The molecule has 0 spiro atoms. The summed E-state index contributed by atoms with van der Waals surface area (Å²) in [4.78, 5) is 11.3. The third kappa shape index (κ3) is 2.56. The van der Waals surface area contributed by atoms with Crippen LogP contribution in [0.5, 0.6) is 0 Å². The minimum Gasteiger partial charge on any atom is -0.467 e. The van der Waals surface area contributed by atoms with Crippen LogP contribution in [0.15, 0.2) is 12.2 Å². The molecule has 0 aromatic rings. The van der Waals surface area contributed by atoms with Crippen LogP contribution in [0.25, 0.3) is 0 Å². The number of esters is 1. The van der Waals surface area contributed by atoms with Gasteiger partial charge in [0.25, 0.3) is 0 Å². The molecule has 0 aliphatic heterocycles. The number of methoxy groups -OCH3 is 1. The van der Waals surface area contributed by atoms with Gasteiger partial charge in [0, 0.05) is 0 Å². The summed E-state index contributed by atoms with van der Waals surface area (Å²) in [7, 11) is 1.26. The lowest BCUT2D eigenvalue weighted by molar-refractivity contribution is -0.164. The van der Waals surface area contributed by atoms with Crippen molar-refractivity contribution in [3.05, 3.63) is 12.2 Å². The van der Waals surface area contributed by atoms with Gasteiger partial charge in [0.15, 0.2) is 5.60 Å². The van der Waals surface area contributed by atoms with E-state index in [4.69, 9.17) is 0 Å². The van der Waals surface area contributed by atoms with Gasteiger partial charge in [-0.15, -0.1) is 0 Å². The number of hydrogen-bond donors (Lipinski definition) is 2. The Labute approximate surface area is 83.2 Å². The van der Waals surface area contributed by atoms with Crippen molar-refractivity contribution in [1.29, 1.82) is 0 Å². The third-order valence-corrected chi connectivity index (χ3v) is 2.50. The maximum atomic E-state index is 11.3. The first kappa shape index (κ1) is 11.2. The number of carbonyl (C=O) groups excluding carboxylic acids is 1. The highest BCUT2D eigenvalue weighted by atomic mass is 16.5. The molecule has 80 valence electrons. The van der Waals surface area contributed by atoms with Gasteiger partial charge >= 0.3 is 5.97 Å². The van der Waals surface area contributed by atoms with Crippen molar-refractivity contribution in [3.63, 3.8) is 0 Å². The van der Waals surface area contributed by atoms with Gasteiger partial charge in [0.2, 0.25) is 0 Å². The van der Waals surface area contributed by atoms with E-state index in [0.717, 1.165) is 0 Å². The first-order valence-corrected chi connectivity index (χ1v) is 4.74. The monoisotopic (exact) mass is 200 g/mol. The molecule has 4 heteroatoms. The molecule has 0 aromatic carbocycles. The molecule has 1 aliphatic carbocycles. The van der Waals surface area contributed by atoms with Crippen molar-refractivity contribution in [1.82, 2.24) is 0 Å². The molecule has 0 heterocycles. The largest absolute Gasteiger partial charge is 0.467 e. The molecule has 0 fully saturated rings. The second kappa shape index (κ2) is 4.57. The van der Waals surface area contributed by atoms with E-state index in [1.807, 2.05) is 0 Å². The lowest BCUT2D eigenvalue weighted by atomic mass is 9.89. The number of hydrogen-bond acceptors (Lipinski definition) is 4. The minimum absolute atomic E-state index is 0.241. The summed E-state index contributed by atoms with van der Waals surface area (Å²) in [6.45, 7) is 0. The molecule has 0 amide bonds. The van der Waals surface area contributed by atoms with E-state index in [1.54, 1.807) is 12.2 Å². The van der Waals surface area contributed by atoms with Crippen LogP contribution in [0.1, 0.15) is 25.7 Å². The van der Waals surface area contributed by atoms with Crippen molar-refractivity contribution in [2.24, 2.45) is 0 Å². The smallest absolute Gasteiger partial charge is 0.337 e. The molecule has 2 atom stereocenters. The zero-order chi connectivity index (χ0) is 10.6. The van der Waals surface area contributed by atoms with Crippen LogP contribution >= 0.6 is 0 Å². The summed E-state index contributed by atoms with van der Waals surface area (Å²) in [6, 6.07) is 0. The van der Waals surface area contributed by atoms with Gasteiger partial charge in [-0.3, -0.25) is 0 Å². The SMILES string of the molecule is COC(=O)C1(O)CC/C=C/C(O)CC1. The third-order valence-electron chi connectivity index (χ3n) is 2.50. The Morgan fingerprint density at radius 3 is 2.93 bits per heavy atom. The normalized spacial score (nSPS) is 35.5. The summed E-state index contributed by atoms with van der Waals surface area (Å²) in [5, 5.41) is 19.3. The number of carbonyl (C=O) groups is 1. The molecule has 0 aromatic heterocycles. The quantitative estimate of drug-likeness (QED) is 0.474. The van der Waals surface area contributed by atoms with Crippen LogP contribution in [0, 0.1) is 0 Å². The predicted molar refractivity (Wildman–Crippen MR) is 50.6 cm³/mol. The molecular weight excluding hydrogens is 184 g/mol. The van der Waals surface area contributed by atoms with Crippen molar-refractivity contribution in [2.75, 3.05) is 7.11 Å². The van der Waals surface area contributed by atoms with E-state index in [1.165, 1.54) is 7.11 Å². The van der Waals surface area contributed by atoms with E-state index in [0.29, 0.717) is 19.3 Å². The molecular formula is C10H16O4. The highest BCUT2D eigenvalue weighted by molar-refractivity contribution is 5.79. The van der Waals surface area contributed by atoms with E-state index in [2.05, 4.69) is 4.74 Å². The van der Waals surface area contributed by atoms with E-state index >= 15 is 0 Å². The Morgan fingerprint density at radius 2 is 2.29 bits per heavy atom. The fourth-order valence-corrected chi connectivity index (χ4v) is 1.58. The second-order valence-corrected chi connectivity index (χ2v) is 3.60. The highest BCUT2D eigenvalue weighted by Crippen LogP contribution is 2.24. The number of aliphatic hydroxyl groups is 2. The van der Waals surface area contributed by atoms with Gasteiger partial charge in [0.05, 0.1) is 13.2 Å². The molecule has 1 aliphatic rings. The molecule has 0 saturated carbocycles. The number of aliphatic hydroxyl groups excluding tert-OH is 1. The van der Waals surface area contributed by atoms with E-state index < -0.39 is 17.7 Å². The lowest BCUT2D eigenvalue weighted by Crippen LogP contribution is -2.40. The Bertz CT molecular complexity index is 236. The lowest BCUT2D eigenvalue weighted by Gasteiger charge is -2.26. The van der Waals surface area contributed by atoms with Crippen LogP contribution in [-0.4, -0.2) is 35.0 Å². The fraction of sp³-hybridized carbons (Fsp3) is 0.700. The molecule has 1 rings (SSSR count). The molecule has 14 heavy (non-hydrogen) atoms. The average Bonchev–Trinajstić information content (AvgIpc) is 2.18. The molecule has 0 radical (unpaired) electrons. The van der Waals surface area contributed by atoms with Crippen LogP contribution in [0.3, 0.4) is 0 Å². The molecule has 0 saturated heterocycles. The minimum atomic E-state index is -1.43. The van der Waals surface area contributed by atoms with Crippen molar-refractivity contribution >= 4 is 5.97 Å². The zero-order valence-corrected chi connectivity index (χ0v) is 8.27. The Kier molecular flexibility index (Phi) is 3.66. The maximum Gasteiger partial charge on any atom is 0.337 e. The van der Waals surface area contributed by atoms with Gasteiger partial charge in [-0.2, -0.15) is 0 Å². The van der Waals surface area contributed by atoms with Gasteiger partial charge in [0.1, 0.15) is 0 Å². The van der Waals surface area contributed by atoms with Crippen molar-refractivity contribution in [3.8, 4) is 0 Å². The fourth-order valence-electron chi connectivity index (χ4n) is 1.58. The molecule has 2 unspecified atom stereocenters. The molecule has 0 bridgehead atoms. The first-order valence-electron chi connectivity index (χ1n) is 4.74. The van der Waals surface area contributed by atoms with Gasteiger partial charge in [-0.05, 0) is 25.7 Å². The van der Waals surface area contributed by atoms with Crippen LogP contribution in [0.2, 0.25) is 0 Å². The van der Waals surface area contributed by atoms with Crippen molar-refractivity contribution < 1.29 is 19.7 Å². The molecule has 4 nitrogen and oxygen atoms in total. The Morgan fingerprint density at radius 1 is 1.57 bits per heavy atom. The highest BCUT2D eigenvalue weighted by Gasteiger charge is 2.36. The van der Waals surface area contributed by atoms with Gasteiger partial charge < -0.3 is 14.9 Å². The molecule has 2 N–H and O–H groups in total. The van der Waals surface area contributed by atoms with E-state index in [9.17, 15) is 15.0 Å². The Balaban J connectivity index is 2.69. The summed E-state index contributed by atoms with van der Waals surface area (Å²) in [5.41, 5.74) is -1.43. The van der Waals surface area contributed by atoms with Crippen molar-refractivity contribution in [2.45, 2.75) is 37.4 Å². The maximum absolute atomic E-state index is 11.3. The first-order chi connectivity index (χ1) is 6.58. The number of allylic oxidation sites excluding steroid dienone is 1. The van der Waals surface area contributed by atoms with Crippen LogP contribution < -0.4 is 0 Å². The number of ether oxygens (including phenoxy) is 1. The predicted octanol–water partition coefficient (Wildman–Crippen LogP) is 0.382. The summed E-state index contributed by atoms with van der Waals surface area (Å²) >= 11 is 0. The number of rotatable bonds is 1. The standard InChI is InChI=1S/C10H16O4/c1-14-9(12)10(13)6-3-2-4-8(11)5-7-10/h2,4,8,11,13H,3,5-7H2,1H3/b4-2+. The summed E-state index contributed by atoms with van der Waals surface area (Å²) < 4.78 is 4.53. The Hall–Kier alpha value is -0.870. The van der Waals surface area contributed by atoms with Crippen LogP contribution in [0.4, 0.5) is 0 Å². The second-order valence-electron chi connectivity index (χ2n) is 3.60. The topological polar surface area (TPSA) is 66.8 Å². The zero-order valence-electron chi connectivity index (χ0n) is 8.27. The summed E-state index contributed by atoms with van der Waals surface area (Å²) in [5.74, 6) is -0.611. The summed E-state index contributed by atoms with van der Waals surface area (Å²) in [6.07, 6.45) is 4.43. The van der Waals surface area contributed by atoms with Crippen LogP contribution in [-0.2, 0) is 9.53 Å². The average molecular weight is 200 g/mol. The van der Waals surface area contributed by atoms with Gasteiger partial charge in [-0.1, -0.05) is 12.2 Å².